The van der Waals surface area contributed by atoms with Gasteiger partial charge >= 0.3 is 0 Å². The highest BCUT2D eigenvalue weighted by atomic mass is 16.5. The van der Waals surface area contributed by atoms with Crippen molar-refractivity contribution in [1.29, 1.82) is 0 Å². The molecule has 1 fully saturated rings. The van der Waals surface area contributed by atoms with Crippen LogP contribution in [0.3, 0.4) is 0 Å². The summed E-state index contributed by atoms with van der Waals surface area (Å²) in [6, 6.07) is 7.89. The van der Waals surface area contributed by atoms with Crippen LogP contribution in [0.4, 0.5) is 0 Å². The van der Waals surface area contributed by atoms with Crippen molar-refractivity contribution in [1.82, 2.24) is 0 Å². The Kier molecular flexibility index (Phi) is 4.28. The summed E-state index contributed by atoms with van der Waals surface area (Å²) in [4.78, 5) is 0. The average molecular weight is 248 g/mol. The van der Waals surface area contributed by atoms with Gasteiger partial charge in [-0.15, -0.1) is 0 Å². The smallest absolute Gasteiger partial charge is 0.118 e. The molecule has 0 aromatic heterocycles. The third-order valence-corrected chi connectivity index (χ3v) is 4.37. The summed E-state index contributed by atoms with van der Waals surface area (Å²) in [5, 5.41) is 10.9. The monoisotopic (exact) mass is 248 g/mol. The van der Waals surface area contributed by atoms with Crippen LogP contribution < -0.4 is 4.74 Å². The minimum atomic E-state index is -0.629. The molecule has 0 amide bonds. The van der Waals surface area contributed by atoms with Gasteiger partial charge in [0.1, 0.15) is 5.75 Å². The molecule has 100 valence electrons. The molecule has 1 aliphatic carbocycles. The molecule has 0 saturated heterocycles. The first kappa shape index (κ1) is 13.4. The Labute approximate surface area is 110 Å². The molecule has 2 unspecified atom stereocenters. The van der Waals surface area contributed by atoms with Gasteiger partial charge in [-0.2, -0.15) is 0 Å². The molecule has 1 aliphatic rings. The molecule has 1 aromatic rings. The summed E-state index contributed by atoms with van der Waals surface area (Å²) >= 11 is 0. The SMILES string of the molecule is CCC1CCCC(O)(c2ccc(OC)cc2)CC1. The maximum Gasteiger partial charge on any atom is 0.118 e. The molecule has 18 heavy (non-hydrogen) atoms. The lowest BCUT2D eigenvalue weighted by molar-refractivity contribution is 0.0196. The lowest BCUT2D eigenvalue weighted by Crippen LogP contribution is -2.24. The van der Waals surface area contributed by atoms with Crippen LogP contribution in [0.25, 0.3) is 0 Å². The van der Waals surface area contributed by atoms with Crippen molar-refractivity contribution in [2.75, 3.05) is 7.11 Å². The van der Waals surface area contributed by atoms with Crippen LogP contribution in [0.15, 0.2) is 24.3 Å². The molecule has 2 nitrogen and oxygen atoms in total. The van der Waals surface area contributed by atoms with Crippen LogP contribution >= 0.6 is 0 Å². The molecule has 0 radical (unpaired) electrons. The third-order valence-electron chi connectivity index (χ3n) is 4.37. The second-order valence-corrected chi connectivity index (χ2v) is 5.47. The maximum atomic E-state index is 10.9. The molecule has 0 spiro atoms. The Balaban J connectivity index is 2.13. The summed E-state index contributed by atoms with van der Waals surface area (Å²) in [5.41, 5.74) is 0.413. The van der Waals surface area contributed by atoms with Crippen LogP contribution in [0.5, 0.6) is 5.75 Å². The van der Waals surface area contributed by atoms with E-state index in [0.717, 1.165) is 42.9 Å². The highest BCUT2D eigenvalue weighted by Gasteiger charge is 2.32. The van der Waals surface area contributed by atoms with Crippen LogP contribution in [0.1, 0.15) is 51.0 Å². The van der Waals surface area contributed by atoms with E-state index in [9.17, 15) is 5.11 Å². The fraction of sp³-hybridized carbons (Fsp3) is 0.625. The Morgan fingerprint density at radius 1 is 1.22 bits per heavy atom. The Morgan fingerprint density at radius 3 is 2.56 bits per heavy atom. The van der Waals surface area contributed by atoms with Gasteiger partial charge in [0.15, 0.2) is 0 Å². The first-order chi connectivity index (χ1) is 8.68. The quantitative estimate of drug-likeness (QED) is 0.823. The molecule has 1 N–H and O–H groups in total. The van der Waals surface area contributed by atoms with Gasteiger partial charge in [0.05, 0.1) is 12.7 Å². The van der Waals surface area contributed by atoms with Crippen molar-refractivity contribution in [3.05, 3.63) is 29.8 Å². The molecule has 2 rings (SSSR count). The number of hydrogen-bond donors (Lipinski definition) is 1. The summed E-state index contributed by atoms with van der Waals surface area (Å²) in [5.74, 6) is 1.64. The topological polar surface area (TPSA) is 29.5 Å². The lowest BCUT2D eigenvalue weighted by Gasteiger charge is -2.27. The van der Waals surface area contributed by atoms with E-state index in [1.54, 1.807) is 7.11 Å². The number of benzene rings is 1. The van der Waals surface area contributed by atoms with Gasteiger partial charge in [0.25, 0.3) is 0 Å². The van der Waals surface area contributed by atoms with Crippen molar-refractivity contribution >= 4 is 0 Å². The zero-order chi connectivity index (χ0) is 13.0. The predicted octanol–water partition coefficient (Wildman–Crippen LogP) is 3.87. The van der Waals surface area contributed by atoms with Gasteiger partial charge in [-0.3, -0.25) is 0 Å². The Bertz CT molecular complexity index is 371. The zero-order valence-corrected chi connectivity index (χ0v) is 11.5. The molecule has 2 atom stereocenters. The highest BCUT2D eigenvalue weighted by molar-refractivity contribution is 5.31. The van der Waals surface area contributed by atoms with E-state index < -0.39 is 5.60 Å². The maximum absolute atomic E-state index is 10.9. The van der Waals surface area contributed by atoms with Crippen molar-refractivity contribution in [3.8, 4) is 5.75 Å². The Hall–Kier alpha value is -1.02. The zero-order valence-electron chi connectivity index (χ0n) is 11.5. The van der Waals surface area contributed by atoms with E-state index in [2.05, 4.69) is 6.92 Å². The molecule has 0 aliphatic heterocycles. The predicted molar refractivity (Wildman–Crippen MR) is 73.8 cm³/mol. The minimum absolute atomic E-state index is 0.629. The van der Waals surface area contributed by atoms with Gasteiger partial charge in [0.2, 0.25) is 0 Å². The second-order valence-electron chi connectivity index (χ2n) is 5.47. The van der Waals surface area contributed by atoms with E-state index in [0.29, 0.717) is 0 Å². The van der Waals surface area contributed by atoms with Crippen molar-refractivity contribution in [2.45, 2.75) is 51.0 Å². The minimum Gasteiger partial charge on any atom is -0.497 e. The molecule has 1 saturated carbocycles. The standard InChI is InChI=1S/C16H24O2/c1-3-13-5-4-11-16(17,12-10-13)14-6-8-15(18-2)9-7-14/h6-9,13,17H,3-5,10-12H2,1-2H3. The molecule has 1 aromatic carbocycles. The van der Waals surface area contributed by atoms with Crippen molar-refractivity contribution in [3.63, 3.8) is 0 Å². The lowest BCUT2D eigenvalue weighted by atomic mass is 9.86. The molecule has 2 heteroatoms. The van der Waals surface area contributed by atoms with Crippen molar-refractivity contribution < 1.29 is 9.84 Å². The first-order valence-electron chi connectivity index (χ1n) is 7.05. The fourth-order valence-electron chi connectivity index (χ4n) is 2.99. The van der Waals surface area contributed by atoms with Gasteiger partial charge in [-0.1, -0.05) is 31.9 Å². The van der Waals surface area contributed by atoms with Crippen LogP contribution in [-0.4, -0.2) is 12.2 Å². The average Bonchev–Trinajstić information content (AvgIpc) is 2.61. The van der Waals surface area contributed by atoms with E-state index in [1.807, 2.05) is 24.3 Å². The highest BCUT2D eigenvalue weighted by Crippen LogP contribution is 2.39. The van der Waals surface area contributed by atoms with Crippen LogP contribution in [0.2, 0.25) is 0 Å². The van der Waals surface area contributed by atoms with E-state index in [4.69, 9.17) is 4.74 Å². The number of hydrogen-bond acceptors (Lipinski definition) is 2. The molecule has 0 bridgehead atoms. The second kappa shape index (κ2) is 5.75. The fourth-order valence-corrected chi connectivity index (χ4v) is 2.99. The molecule has 0 heterocycles. The normalized spacial score (nSPS) is 28.7. The van der Waals surface area contributed by atoms with Gasteiger partial charge in [0, 0.05) is 0 Å². The number of aliphatic hydroxyl groups is 1. The largest absolute Gasteiger partial charge is 0.497 e. The van der Waals surface area contributed by atoms with Gasteiger partial charge in [-0.05, 0) is 49.3 Å². The van der Waals surface area contributed by atoms with Crippen LogP contribution in [0, 0.1) is 5.92 Å². The number of methoxy groups -OCH3 is 1. The summed E-state index contributed by atoms with van der Waals surface area (Å²) < 4.78 is 5.17. The molecular formula is C16H24O2. The summed E-state index contributed by atoms with van der Waals surface area (Å²) in [6.07, 6.45) is 6.53. The Morgan fingerprint density at radius 2 is 1.94 bits per heavy atom. The summed E-state index contributed by atoms with van der Waals surface area (Å²) in [7, 11) is 1.67. The number of rotatable bonds is 3. The number of ether oxygens (including phenoxy) is 1. The third kappa shape index (κ3) is 2.86. The summed E-state index contributed by atoms with van der Waals surface area (Å²) in [6.45, 7) is 2.25. The van der Waals surface area contributed by atoms with E-state index in [-0.39, 0.29) is 0 Å². The van der Waals surface area contributed by atoms with E-state index in [1.165, 1.54) is 12.8 Å². The van der Waals surface area contributed by atoms with Crippen LogP contribution in [-0.2, 0) is 5.60 Å². The van der Waals surface area contributed by atoms with Crippen molar-refractivity contribution in [2.24, 2.45) is 5.92 Å². The van der Waals surface area contributed by atoms with E-state index >= 15 is 0 Å². The van der Waals surface area contributed by atoms with Gasteiger partial charge in [-0.25, -0.2) is 0 Å². The molecular weight excluding hydrogens is 224 g/mol. The van der Waals surface area contributed by atoms with Gasteiger partial charge < -0.3 is 9.84 Å². The first-order valence-corrected chi connectivity index (χ1v) is 7.05.